The number of amides is 3. The molecule has 132 valence electrons. The first-order chi connectivity index (χ1) is 11.4. The molecule has 1 aromatic carbocycles. The van der Waals surface area contributed by atoms with Gasteiger partial charge in [-0.25, -0.2) is 0 Å². The van der Waals surface area contributed by atoms with Crippen LogP contribution in [0.1, 0.15) is 32.3 Å². The Balaban J connectivity index is 2.58. The molecule has 4 N–H and O–H groups in total. The van der Waals surface area contributed by atoms with Gasteiger partial charge in [-0.15, -0.1) is 11.8 Å². The molecule has 1 rings (SSSR count). The molecule has 0 aliphatic heterocycles. The second kappa shape index (κ2) is 10.7. The van der Waals surface area contributed by atoms with Crippen molar-refractivity contribution in [1.82, 2.24) is 10.6 Å². The number of carbonyl (C=O) groups is 3. The maximum absolute atomic E-state index is 12.0. The Morgan fingerprint density at radius 2 is 1.88 bits per heavy atom. The largest absolute Gasteiger partial charge is 0.368 e. The Labute approximate surface area is 146 Å². The van der Waals surface area contributed by atoms with E-state index in [1.807, 2.05) is 12.1 Å². The fraction of sp³-hybridized carbons (Fsp3) is 0.471. The third-order valence-electron chi connectivity index (χ3n) is 3.29. The van der Waals surface area contributed by atoms with Crippen LogP contribution in [-0.2, 0) is 20.8 Å². The number of nitrogens with one attached hydrogen (secondary N) is 2. The summed E-state index contributed by atoms with van der Waals surface area (Å²) in [7, 11) is 0. The van der Waals surface area contributed by atoms with Crippen molar-refractivity contribution in [3.8, 4) is 0 Å². The van der Waals surface area contributed by atoms with E-state index in [9.17, 15) is 14.4 Å². The molecule has 0 spiro atoms. The van der Waals surface area contributed by atoms with Crippen molar-refractivity contribution >= 4 is 29.5 Å². The normalized spacial score (nSPS) is 11.6. The molecule has 3 amide bonds. The van der Waals surface area contributed by atoms with Crippen LogP contribution in [0.25, 0.3) is 0 Å². The molecular weight excluding hydrogens is 326 g/mol. The molecule has 1 unspecified atom stereocenters. The monoisotopic (exact) mass is 351 g/mol. The first kappa shape index (κ1) is 20.0. The van der Waals surface area contributed by atoms with E-state index in [0.29, 0.717) is 5.75 Å². The molecule has 0 saturated heterocycles. The first-order valence-electron chi connectivity index (χ1n) is 7.97. The summed E-state index contributed by atoms with van der Waals surface area (Å²) < 4.78 is 0. The number of thioether (sulfide) groups is 1. The summed E-state index contributed by atoms with van der Waals surface area (Å²) in [6.45, 7) is 3.27. The van der Waals surface area contributed by atoms with Gasteiger partial charge in [0.15, 0.2) is 0 Å². The molecule has 6 nitrogen and oxygen atoms in total. The van der Waals surface area contributed by atoms with Crippen molar-refractivity contribution in [2.24, 2.45) is 5.73 Å². The van der Waals surface area contributed by atoms with E-state index in [0.717, 1.165) is 24.2 Å². The average molecular weight is 351 g/mol. The van der Waals surface area contributed by atoms with Crippen LogP contribution >= 0.6 is 11.8 Å². The van der Waals surface area contributed by atoms with Crippen molar-refractivity contribution in [3.05, 3.63) is 29.8 Å². The quantitative estimate of drug-likeness (QED) is 0.552. The SMILES string of the molecule is CCCCc1ccc(SCC(NC(C)=O)C(=O)NCC(N)=O)cc1. The highest BCUT2D eigenvalue weighted by Gasteiger charge is 2.19. The molecule has 1 aromatic rings. The Morgan fingerprint density at radius 1 is 1.21 bits per heavy atom. The Bertz CT molecular complexity index is 561. The van der Waals surface area contributed by atoms with Crippen LogP contribution in [-0.4, -0.2) is 36.1 Å². The molecule has 1 atom stereocenters. The summed E-state index contributed by atoms with van der Waals surface area (Å²) in [6.07, 6.45) is 3.39. The van der Waals surface area contributed by atoms with E-state index in [4.69, 9.17) is 5.73 Å². The number of hydrogen-bond acceptors (Lipinski definition) is 4. The first-order valence-corrected chi connectivity index (χ1v) is 8.95. The number of hydrogen-bond donors (Lipinski definition) is 3. The number of rotatable bonds is 10. The van der Waals surface area contributed by atoms with Crippen molar-refractivity contribution in [2.45, 2.75) is 44.0 Å². The van der Waals surface area contributed by atoms with E-state index in [2.05, 4.69) is 29.7 Å². The van der Waals surface area contributed by atoms with Gasteiger partial charge in [0.1, 0.15) is 6.04 Å². The summed E-state index contributed by atoms with van der Waals surface area (Å²) in [5, 5.41) is 5.00. The molecule has 0 aliphatic carbocycles. The van der Waals surface area contributed by atoms with Gasteiger partial charge in [-0.3, -0.25) is 14.4 Å². The van der Waals surface area contributed by atoms with Crippen molar-refractivity contribution in [2.75, 3.05) is 12.3 Å². The summed E-state index contributed by atoms with van der Waals surface area (Å²) in [6, 6.07) is 7.48. The number of benzene rings is 1. The zero-order valence-electron chi connectivity index (χ0n) is 14.1. The lowest BCUT2D eigenvalue weighted by Crippen LogP contribution is -2.49. The number of nitrogens with two attached hydrogens (primary N) is 1. The molecular formula is C17H25N3O3S. The highest BCUT2D eigenvalue weighted by Crippen LogP contribution is 2.20. The van der Waals surface area contributed by atoms with Crippen LogP contribution in [0.4, 0.5) is 0 Å². The lowest BCUT2D eigenvalue weighted by Gasteiger charge is -2.17. The third-order valence-corrected chi connectivity index (χ3v) is 4.40. The predicted octanol–water partition coefficient (Wildman–Crippen LogP) is 1.23. The molecule has 0 heterocycles. The van der Waals surface area contributed by atoms with Crippen molar-refractivity contribution in [1.29, 1.82) is 0 Å². The molecule has 7 heteroatoms. The van der Waals surface area contributed by atoms with E-state index < -0.39 is 17.9 Å². The van der Waals surface area contributed by atoms with E-state index in [-0.39, 0.29) is 12.5 Å². The third kappa shape index (κ3) is 8.01. The van der Waals surface area contributed by atoms with Crippen LogP contribution in [0.3, 0.4) is 0 Å². The standard InChI is InChI=1S/C17H25N3O3S/c1-3-4-5-13-6-8-14(9-7-13)24-11-15(20-12(2)21)17(23)19-10-16(18)22/h6-9,15H,3-5,10-11H2,1-2H3,(H2,18,22)(H,19,23)(H,20,21). The van der Waals surface area contributed by atoms with Gasteiger partial charge in [0.05, 0.1) is 6.54 Å². The van der Waals surface area contributed by atoms with Crippen molar-refractivity contribution in [3.63, 3.8) is 0 Å². The van der Waals surface area contributed by atoms with Crippen LogP contribution in [0.5, 0.6) is 0 Å². The van der Waals surface area contributed by atoms with Gasteiger partial charge in [0.25, 0.3) is 0 Å². The van der Waals surface area contributed by atoms with Gasteiger partial charge in [0.2, 0.25) is 17.7 Å². The molecule has 0 aromatic heterocycles. The van der Waals surface area contributed by atoms with E-state index in [1.54, 1.807) is 0 Å². The number of primary amides is 1. The second-order valence-electron chi connectivity index (χ2n) is 5.50. The van der Waals surface area contributed by atoms with E-state index >= 15 is 0 Å². The zero-order valence-corrected chi connectivity index (χ0v) is 14.9. The molecule has 0 aliphatic rings. The van der Waals surface area contributed by atoms with Gasteiger partial charge in [-0.1, -0.05) is 25.5 Å². The highest BCUT2D eigenvalue weighted by atomic mass is 32.2. The minimum atomic E-state index is -0.716. The minimum Gasteiger partial charge on any atom is -0.368 e. The zero-order chi connectivity index (χ0) is 17.9. The summed E-state index contributed by atoms with van der Waals surface area (Å²) in [5.41, 5.74) is 6.30. The molecule has 0 saturated carbocycles. The highest BCUT2D eigenvalue weighted by molar-refractivity contribution is 7.99. The van der Waals surface area contributed by atoms with Crippen LogP contribution in [0.15, 0.2) is 29.2 Å². The van der Waals surface area contributed by atoms with Crippen LogP contribution < -0.4 is 16.4 Å². The summed E-state index contributed by atoms with van der Waals surface area (Å²) in [5.74, 6) is -0.973. The van der Waals surface area contributed by atoms with Crippen LogP contribution in [0.2, 0.25) is 0 Å². The van der Waals surface area contributed by atoms with Gasteiger partial charge in [0, 0.05) is 17.6 Å². The van der Waals surface area contributed by atoms with Gasteiger partial charge in [-0.2, -0.15) is 0 Å². The summed E-state index contributed by atoms with van der Waals surface area (Å²) >= 11 is 1.47. The molecule has 24 heavy (non-hydrogen) atoms. The van der Waals surface area contributed by atoms with E-state index in [1.165, 1.54) is 24.2 Å². The lowest BCUT2D eigenvalue weighted by atomic mass is 10.1. The van der Waals surface area contributed by atoms with Gasteiger partial charge < -0.3 is 16.4 Å². The van der Waals surface area contributed by atoms with Crippen LogP contribution in [0, 0.1) is 0 Å². The van der Waals surface area contributed by atoms with Gasteiger partial charge >= 0.3 is 0 Å². The second-order valence-corrected chi connectivity index (χ2v) is 6.59. The Kier molecular flexibility index (Phi) is 8.93. The predicted molar refractivity (Wildman–Crippen MR) is 95.6 cm³/mol. The fourth-order valence-electron chi connectivity index (χ4n) is 2.04. The number of unbranched alkanes of at least 4 members (excludes halogenated alkanes) is 1. The minimum absolute atomic E-state index is 0.244. The smallest absolute Gasteiger partial charge is 0.243 e. The molecule has 0 radical (unpaired) electrons. The fourth-order valence-corrected chi connectivity index (χ4v) is 2.96. The number of carbonyl (C=O) groups excluding carboxylic acids is 3. The summed E-state index contributed by atoms with van der Waals surface area (Å²) in [4.78, 5) is 35.1. The Hall–Kier alpha value is -2.02. The van der Waals surface area contributed by atoms with Gasteiger partial charge in [-0.05, 0) is 30.5 Å². The molecule has 0 fully saturated rings. The average Bonchev–Trinajstić information content (AvgIpc) is 2.55. The topological polar surface area (TPSA) is 101 Å². The maximum Gasteiger partial charge on any atom is 0.243 e. The number of aryl methyl sites for hydroxylation is 1. The Morgan fingerprint density at radius 3 is 2.42 bits per heavy atom. The molecule has 0 bridgehead atoms. The van der Waals surface area contributed by atoms with Crippen molar-refractivity contribution < 1.29 is 14.4 Å². The maximum atomic E-state index is 12.0. The lowest BCUT2D eigenvalue weighted by molar-refractivity contribution is -0.128.